The van der Waals surface area contributed by atoms with Crippen molar-refractivity contribution >= 4 is 18.0 Å². The summed E-state index contributed by atoms with van der Waals surface area (Å²) in [4.78, 5) is 18.4. The van der Waals surface area contributed by atoms with Gasteiger partial charge in [0.25, 0.3) is 0 Å². The van der Waals surface area contributed by atoms with Gasteiger partial charge in [0.05, 0.1) is 5.56 Å². The van der Waals surface area contributed by atoms with Crippen LogP contribution < -0.4 is 0 Å². The van der Waals surface area contributed by atoms with Crippen LogP contribution in [0.25, 0.3) is 0 Å². The lowest BCUT2D eigenvalue weighted by Gasteiger charge is -2.00. The zero-order chi connectivity index (χ0) is 12.3. The molecular formula is C12H9FN2OS. The number of ketones is 1. The molecular weight excluding hydrogens is 239 g/mol. The van der Waals surface area contributed by atoms with Crippen molar-refractivity contribution in [2.24, 2.45) is 0 Å². The van der Waals surface area contributed by atoms with E-state index in [9.17, 15) is 9.18 Å². The number of nitrogens with one attached hydrogen (secondary N) is 1. The van der Waals surface area contributed by atoms with Crippen LogP contribution in [-0.2, 0) is 6.42 Å². The molecule has 1 aromatic heterocycles. The molecule has 0 aliphatic heterocycles. The fourth-order valence-corrected chi connectivity index (χ4v) is 1.50. The van der Waals surface area contributed by atoms with E-state index in [4.69, 9.17) is 12.2 Å². The molecule has 0 fully saturated rings. The minimum Gasteiger partial charge on any atom is -0.337 e. The Morgan fingerprint density at radius 3 is 2.65 bits per heavy atom. The summed E-state index contributed by atoms with van der Waals surface area (Å²) in [6.07, 6.45) is 3.18. The molecule has 1 N–H and O–H groups in total. The molecule has 0 bridgehead atoms. The first-order chi connectivity index (χ1) is 8.15. The number of rotatable bonds is 3. The number of hydrogen-bond donors (Lipinski definition) is 1. The van der Waals surface area contributed by atoms with E-state index in [1.165, 1.54) is 24.5 Å². The Morgan fingerprint density at radius 2 is 2.06 bits per heavy atom. The number of nitrogens with zero attached hydrogens (tertiary/aromatic N) is 1. The molecule has 0 saturated heterocycles. The van der Waals surface area contributed by atoms with Crippen LogP contribution in [0.3, 0.4) is 0 Å². The van der Waals surface area contributed by atoms with E-state index in [2.05, 4.69) is 9.97 Å². The zero-order valence-electron chi connectivity index (χ0n) is 8.81. The first kappa shape index (κ1) is 11.6. The molecule has 2 aromatic rings. The number of carbonyl (C=O) groups is 1. The number of aromatic amines is 1. The monoisotopic (exact) mass is 248 g/mol. The second kappa shape index (κ2) is 4.97. The van der Waals surface area contributed by atoms with E-state index in [-0.39, 0.29) is 18.0 Å². The average Bonchev–Trinajstić information content (AvgIpc) is 2.33. The molecule has 0 unspecified atom stereocenters. The molecule has 0 aliphatic rings. The van der Waals surface area contributed by atoms with Gasteiger partial charge >= 0.3 is 0 Å². The molecule has 0 saturated carbocycles. The lowest BCUT2D eigenvalue weighted by Crippen LogP contribution is -2.04. The van der Waals surface area contributed by atoms with Crippen molar-refractivity contribution in [3.63, 3.8) is 0 Å². The topological polar surface area (TPSA) is 45.8 Å². The highest BCUT2D eigenvalue weighted by atomic mass is 32.1. The van der Waals surface area contributed by atoms with Crippen LogP contribution in [0.2, 0.25) is 0 Å². The third kappa shape index (κ3) is 3.04. The third-order valence-electron chi connectivity index (χ3n) is 2.27. The van der Waals surface area contributed by atoms with Gasteiger partial charge in [-0.2, -0.15) is 0 Å². The Bertz CT molecular complexity index is 572. The standard InChI is InChI=1S/C12H9FN2OS/c13-10-3-1-8(2-4-10)5-11(16)9-6-14-12(17)15-7-9/h1-4,6-7H,5H2,(H,14,15,17). The summed E-state index contributed by atoms with van der Waals surface area (Å²) in [5, 5.41) is 0. The summed E-state index contributed by atoms with van der Waals surface area (Å²) in [7, 11) is 0. The van der Waals surface area contributed by atoms with Gasteiger partial charge < -0.3 is 4.98 Å². The van der Waals surface area contributed by atoms with E-state index >= 15 is 0 Å². The smallest absolute Gasteiger partial charge is 0.196 e. The number of carbonyl (C=O) groups excluding carboxylic acids is 1. The van der Waals surface area contributed by atoms with Crippen LogP contribution in [0.1, 0.15) is 15.9 Å². The van der Waals surface area contributed by atoms with Crippen molar-refractivity contribution in [2.45, 2.75) is 6.42 Å². The number of Topliss-reactive ketones (excluding diaryl/α,β-unsaturated/α-hetero) is 1. The van der Waals surface area contributed by atoms with Crippen LogP contribution in [0, 0.1) is 10.6 Å². The largest absolute Gasteiger partial charge is 0.337 e. The third-order valence-corrected chi connectivity index (χ3v) is 2.50. The van der Waals surface area contributed by atoms with Crippen LogP contribution in [0.4, 0.5) is 4.39 Å². The molecule has 1 aromatic carbocycles. The van der Waals surface area contributed by atoms with Crippen molar-refractivity contribution < 1.29 is 9.18 Å². The van der Waals surface area contributed by atoms with Gasteiger partial charge in [0, 0.05) is 18.8 Å². The van der Waals surface area contributed by atoms with Gasteiger partial charge in [-0.1, -0.05) is 12.1 Å². The van der Waals surface area contributed by atoms with Crippen LogP contribution in [0.5, 0.6) is 0 Å². The molecule has 1 heterocycles. The maximum atomic E-state index is 12.7. The second-order valence-electron chi connectivity index (χ2n) is 3.53. The zero-order valence-corrected chi connectivity index (χ0v) is 9.63. The molecule has 5 heteroatoms. The van der Waals surface area contributed by atoms with Gasteiger partial charge in [-0.25, -0.2) is 9.37 Å². The summed E-state index contributed by atoms with van der Waals surface area (Å²) in [6.45, 7) is 0. The molecule has 3 nitrogen and oxygen atoms in total. The van der Waals surface area contributed by atoms with Gasteiger partial charge in [-0.05, 0) is 29.9 Å². The molecule has 2 rings (SSSR count). The second-order valence-corrected chi connectivity index (χ2v) is 3.92. The molecule has 0 aliphatic carbocycles. The van der Waals surface area contributed by atoms with Crippen molar-refractivity contribution in [2.75, 3.05) is 0 Å². The maximum absolute atomic E-state index is 12.7. The average molecular weight is 248 g/mol. The summed E-state index contributed by atoms with van der Waals surface area (Å²) >= 11 is 4.78. The Kier molecular flexibility index (Phi) is 3.39. The quantitative estimate of drug-likeness (QED) is 0.671. The Morgan fingerprint density at radius 1 is 1.35 bits per heavy atom. The number of hydrogen-bond acceptors (Lipinski definition) is 3. The molecule has 17 heavy (non-hydrogen) atoms. The number of halogens is 1. The van der Waals surface area contributed by atoms with Crippen LogP contribution in [-0.4, -0.2) is 15.8 Å². The van der Waals surface area contributed by atoms with Crippen LogP contribution in [0.15, 0.2) is 36.7 Å². The molecule has 86 valence electrons. The minimum absolute atomic E-state index is 0.0876. The van der Waals surface area contributed by atoms with Gasteiger partial charge in [-0.15, -0.1) is 0 Å². The number of H-pyrrole nitrogens is 1. The molecule has 0 amide bonds. The predicted octanol–water partition coefficient (Wildman–Crippen LogP) is 2.70. The number of aromatic nitrogens is 2. The normalized spacial score (nSPS) is 10.2. The van der Waals surface area contributed by atoms with Gasteiger partial charge in [-0.3, -0.25) is 4.79 Å². The van der Waals surface area contributed by atoms with E-state index in [1.54, 1.807) is 12.1 Å². The fourth-order valence-electron chi connectivity index (χ4n) is 1.38. The minimum atomic E-state index is -0.313. The summed E-state index contributed by atoms with van der Waals surface area (Å²) in [5.74, 6) is -0.401. The van der Waals surface area contributed by atoms with E-state index < -0.39 is 0 Å². The first-order valence-corrected chi connectivity index (χ1v) is 5.38. The number of benzene rings is 1. The Hall–Kier alpha value is -1.88. The Balaban J connectivity index is 2.14. The molecule has 0 atom stereocenters. The van der Waals surface area contributed by atoms with Gasteiger partial charge in [0.2, 0.25) is 0 Å². The van der Waals surface area contributed by atoms with Crippen molar-refractivity contribution in [3.8, 4) is 0 Å². The van der Waals surface area contributed by atoms with Crippen molar-refractivity contribution in [1.29, 1.82) is 0 Å². The van der Waals surface area contributed by atoms with Gasteiger partial charge in [0.15, 0.2) is 10.6 Å². The highest BCUT2D eigenvalue weighted by Gasteiger charge is 2.07. The summed E-state index contributed by atoms with van der Waals surface area (Å²) in [6, 6.07) is 5.84. The van der Waals surface area contributed by atoms with Crippen LogP contribution >= 0.6 is 12.2 Å². The highest BCUT2D eigenvalue weighted by Crippen LogP contribution is 2.07. The van der Waals surface area contributed by atoms with Crippen molar-refractivity contribution in [3.05, 3.63) is 58.4 Å². The predicted molar refractivity (Wildman–Crippen MR) is 63.9 cm³/mol. The molecule has 0 radical (unpaired) electrons. The van der Waals surface area contributed by atoms with Crippen molar-refractivity contribution in [1.82, 2.24) is 9.97 Å². The fraction of sp³-hybridized carbons (Fsp3) is 0.0833. The lowest BCUT2D eigenvalue weighted by molar-refractivity contribution is 0.0992. The lowest BCUT2D eigenvalue weighted by atomic mass is 10.1. The molecule has 0 spiro atoms. The van der Waals surface area contributed by atoms with E-state index in [1.807, 2.05) is 0 Å². The van der Waals surface area contributed by atoms with E-state index in [0.717, 1.165) is 5.56 Å². The highest BCUT2D eigenvalue weighted by molar-refractivity contribution is 7.71. The SMILES string of the molecule is O=C(Cc1ccc(F)cc1)c1cnc(=S)[nH]c1. The summed E-state index contributed by atoms with van der Waals surface area (Å²) in [5.41, 5.74) is 1.22. The Labute approximate surface area is 102 Å². The maximum Gasteiger partial charge on any atom is 0.196 e. The van der Waals surface area contributed by atoms with Gasteiger partial charge in [0.1, 0.15) is 5.82 Å². The summed E-state index contributed by atoms with van der Waals surface area (Å²) < 4.78 is 13.0. The first-order valence-electron chi connectivity index (χ1n) is 4.97. The van der Waals surface area contributed by atoms with E-state index in [0.29, 0.717) is 10.3 Å².